The Morgan fingerprint density at radius 3 is 2.47 bits per heavy atom. The number of carbonyl (C=O) groups excluding carboxylic acids is 1. The first-order chi connectivity index (χ1) is 14.6. The van der Waals surface area contributed by atoms with E-state index < -0.39 is 0 Å². The summed E-state index contributed by atoms with van der Waals surface area (Å²) in [6.07, 6.45) is 2.34. The lowest BCUT2D eigenvalue weighted by molar-refractivity contribution is 0.0938. The Kier molecular flexibility index (Phi) is 5.89. The van der Waals surface area contributed by atoms with Gasteiger partial charge in [-0.15, -0.1) is 0 Å². The second-order valence-corrected chi connectivity index (χ2v) is 7.48. The van der Waals surface area contributed by atoms with Crippen molar-refractivity contribution < 1.29 is 19.4 Å². The predicted molar refractivity (Wildman–Crippen MR) is 115 cm³/mol. The maximum Gasteiger partial charge on any atom is 0.251 e. The van der Waals surface area contributed by atoms with Gasteiger partial charge in [-0.1, -0.05) is 36.4 Å². The Hall–Kier alpha value is -3.47. The first kappa shape index (κ1) is 19.8. The fourth-order valence-corrected chi connectivity index (χ4v) is 3.85. The van der Waals surface area contributed by atoms with E-state index >= 15 is 0 Å². The topological polar surface area (TPSA) is 67.8 Å². The summed E-state index contributed by atoms with van der Waals surface area (Å²) in [6, 6.07) is 20.7. The number of aromatic hydroxyl groups is 1. The molecule has 154 valence electrons. The van der Waals surface area contributed by atoms with Crippen LogP contribution in [0.2, 0.25) is 0 Å². The third kappa shape index (κ3) is 4.57. The number of carbonyl (C=O) groups is 1. The third-order valence-electron chi connectivity index (χ3n) is 5.37. The zero-order valence-electron chi connectivity index (χ0n) is 16.9. The quantitative estimate of drug-likeness (QED) is 0.628. The Balaban J connectivity index is 1.40. The summed E-state index contributed by atoms with van der Waals surface area (Å²) >= 11 is 0. The Morgan fingerprint density at radius 2 is 1.77 bits per heavy atom. The highest BCUT2D eigenvalue weighted by Crippen LogP contribution is 2.29. The molecule has 1 aliphatic carbocycles. The Labute approximate surface area is 176 Å². The number of fused-ring (bicyclic) bond motifs is 1. The van der Waals surface area contributed by atoms with Crippen molar-refractivity contribution in [2.24, 2.45) is 0 Å². The van der Waals surface area contributed by atoms with Crippen LogP contribution in [0.1, 0.15) is 27.0 Å². The highest BCUT2D eigenvalue weighted by atomic mass is 16.5. The standard InChI is InChI=1S/C25H25NO4/c1-29-23-10-9-20(16-24(23)30-12-11-17-5-4-8-22(27)13-17)25(28)26-21-14-18-6-2-3-7-19(18)15-21/h2-10,13,16,21,27H,11-12,14-15H2,1H3,(H,26,28). The average Bonchev–Trinajstić information content (AvgIpc) is 3.16. The van der Waals surface area contributed by atoms with E-state index in [0.29, 0.717) is 30.1 Å². The van der Waals surface area contributed by atoms with E-state index in [1.54, 1.807) is 43.5 Å². The van der Waals surface area contributed by atoms with E-state index in [2.05, 4.69) is 17.4 Å². The van der Waals surface area contributed by atoms with Crippen molar-refractivity contribution in [3.05, 3.63) is 89.0 Å². The predicted octanol–water partition coefficient (Wildman–Crippen LogP) is 3.92. The molecule has 3 aromatic rings. The van der Waals surface area contributed by atoms with Gasteiger partial charge < -0.3 is 19.9 Å². The van der Waals surface area contributed by atoms with Crippen molar-refractivity contribution in [1.82, 2.24) is 5.32 Å². The van der Waals surface area contributed by atoms with E-state index in [-0.39, 0.29) is 17.7 Å². The lowest BCUT2D eigenvalue weighted by Gasteiger charge is -2.15. The number of hydrogen-bond acceptors (Lipinski definition) is 4. The molecule has 5 nitrogen and oxygen atoms in total. The van der Waals surface area contributed by atoms with Gasteiger partial charge in [-0.05, 0) is 59.9 Å². The molecule has 0 heterocycles. The number of ether oxygens (including phenoxy) is 2. The van der Waals surface area contributed by atoms with Crippen LogP contribution in [0.5, 0.6) is 17.2 Å². The molecule has 2 N–H and O–H groups in total. The van der Waals surface area contributed by atoms with Crippen LogP contribution in [0, 0.1) is 0 Å². The molecular weight excluding hydrogens is 378 g/mol. The molecule has 30 heavy (non-hydrogen) atoms. The summed E-state index contributed by atoms with van der Waals surface area (Å²) < 4.78 is 11.3. The molecule has 0 bridgehead atoms. The Morgan fingerprint density at radius 1 is 1.00 bits per heavy atom. The molecule has 4 rings (SSSR count). The number of benzene rings is 3. The van der Waals surface area contributed by atoms with Crippen LogP contribution in [0.25, 0.3) is 0 Å². The molecule has 1 aliphatic rings. The van der Waals surface area contributed by atoms with Crippen molar-refractivity contribution in [3.63, 3.8) is 0 Å². The molecule has 0 saturated heterocycles. The minimum Gasteiger partial charge on any atom is -0.508 e. The van der Waals surface area contributed by atoms with E-state index in [1.165, 1.54) is 11.1 Å². The molecule has 0 atom stereocenters. The highest BCUT2D eigenvalue weighted by Gasteiger charge is 2.23. The molecule has 0 aliphatic heterocycles. The fraction of sp³-hybridized carbons (Fsp3) is 0.240. The number of phenolic OH excluding ortho intramolecular Hbond substituents is 1. The fourth-order valence-electron chi connectivity index (χ4n) is 3.85. The van der Waals surface area contributed by atoms with Crippen LogP contribution in [-0.2, 0) is 19.3 Å². The minimum absolute atomic E-state index is 0.104. The minimum atomic E-state index is -0.117. The number of methoxy groups -OCH3 is 1. The molecule has 0 spiro atoms. The normalized spacial score (nSPS) is 13.0. The van der Waals surface area contributed by atoms with Gasteiger partial charge >= 0.3 is 0 Å². The van der Waals surface area contributed by atoms with Crippen LogP contribution >= 0.6 is 0 Å². The Bertz CT molecular complexity index is 1020. The summed E-state index contributed by atoms with van der Waals surface area (Å²) in [4.78, 5) is 12.8. The van der Waals surface area contributed by atoms with Gasteiger partial charge in [0.05, 0.1) is 13.7 Å². The van der Waals surface area contributed by atoms with Crippen molar-refractivity contribution in [2.75, 3.05) is 13.7 Å². The van der Waals surface area contributed by atoms with Gasteiger partial charge in [0.1, 0.15) is 5.75 Å². The number of amides is 1. The van der Waals surface area contributed by atoms with E-state index in [4.69, 9.17) is 9.47 Å². The number of hydrogen-bond donors (Lipinski definition) is 2. The maximum atomic E-state index is 12.8. The van der Waals surface area contributed by atoms with Crippen LogP contribution in [0.15, 0.2) is 66.7 Å². The van der Waals surface area contributed by atoms with Gasteiger partial charge in [0, 0.05) is 18.0 Å². The molecule has 1 amide bonds. The van der Waals surface area contributed by atoms with Gasteiger partial charge in [-0.25, -0.2) is 0 Å². The molecule has 0 aromatic heterocycles. The van der Waals surface area contributed by atoms with Gasteiger partial charge in [0.2, 0.25) is 0 Å². The first-order valence-corrected chi connectivity index (χ1v) is 10.1. The molecule has 0 saturated carbocycles. The molecule has 0 fully saturated rings. The summed E-state index contributed by atoms with van der Waals surface area (Å²) in [5.41, 5.74) is 4.12. The van der Waals surface area contributed by atoms with Gasteiger partial charge in [-0.3, -0.25) is 4.79 Å². The van der Waals surface area contributed by atoms with Gasteiger partial charge in [-0.2, -0.15) is 0 Å². The lowest BCUT2D eigenvalue weighted by Crippen LogP contribution is -2.35. The molecule has 3 aromatic carbocycles. The summed E-state index contributed by atoms with van der Waals surface area (Å²) in [5, 5.41) is 12.7. The maximum absolute atomic E-state index is 12.8. The first-order valence-electron chi connectivity index (χ1n) is 10.1. The van der Waals surface area contributed by atoms with E-state index in [9.17, 15) is 9.90 Å². The molecule has 0 unspecified atom stereocenters. The second-order valence-electron chi connectivity index (χ2n) is 7.48. The molecular formula is C25H25NO4. The van der Waals surface area contributed by atoms with Crippen LogP contribution in [-0.4, -0.2) is 30.8 Å². The van der Waals surface area contributed by atoms with Crippen molar-refractivity contribution >= 4 is 5.91 Å². The van der Waals surface area contributed by atoms with Gasteiger partial charge in [0.15, 0.2) is 11.5 Å². The SMILES string of the molecule is COc1ccc(C(=O)NC2Cc3ccccc3C2)cc1OCCc1cccc(O)c1. The van der Waals surface area contributed by atoms with Crippen LogP contribution in [0.3, 0.4) is 0 Å². The van der Waals surface area contributed by atoms with Gasteiger partial charge in [0.25, 0.3) is 5.91 Å². The number of nitrogens with one attached hydrogen (secondary N) is 1. The zero-order chi connectivity index (χ0) is 20.9. The lowest BCUT2D eigenvalue weighted by atomic mass is 10.1. The average molecular weight is 403 g/mol. The molecule has 5 heteroatoms. The van der Waals surface area contributed by atoms with Crippen molar-refractivity contribution in [1.29, 1.82) is 0 Å². The number of rotatable bonds is 7. The van der Waals surface area contributed by atoms with E-state index in [1.807, 2.05) is 18.2 Å². The summed E-state index contributed by atoms with van der Waals surface area (Å²) in [7, 11) is 1.58. The zero-order valence-corrected chi connectivity index (χ0v) is 16.9. The van der Waals surface area contributed by atoms with Crippen LogP contribution < -0.4 is 14.8 Å². The van der Waals surface area contributed by atoms with Crippen molar-refractivity contribution in [2.45, 2.75) is 25.3 Å². The summed E-state index contributed by atoms with van der Waals surface area (Å²) in [5.74, 6) is 1.22. The second kappa shape index (κ2) is 8.91. The van der Waals surface area contributed by atoms with E-state index in [0.717, 1.165) is 18.4 Å². The third-order valence-corrected chi connectivity index (χ3v) is 5.37. The monoisotopic (exact) mass is 403 g/mol. The van der Waals surface area contributed by atoms with Crippen LogP contribution in [0.4, 0.5) is 0 Å². The molecule has 0 radical (unpaired) electrons. The smallest absolute Gasteiger partial charge is 0.251 e. The highest BCUT2D eigenvalue weighted by molar-refractivity contribution is 5.95. The summed E-state index contributed by atoms with van der Waals surface area (Å²) in [6.45, 7) is 0.406. The van der Waals surface area contributed by atoms with Crippen molar-refractivity contribution in [3.8, 4) is 17.2 Å². The largest absolute Gasteiger partial charge is 0.508 e. The number of phenols is 1.